The predicted molar refractivity (Wildman–Crippen MR) is 87.4 cm³/mol. The summed E-state index contributed by atoms with van der Waals surface area (Å²) < 4.78 is 17.7. The van der Waals surface area contributed by atoms with E-state index >= 15 is 0 Å². The first-order valence-corrected chi connectivity index (χ1v) is 8.68. The SMILES string of the molecule is CC(=O)OCCC1OC2(CCCC2)OC1Cc1ccccc1Cl. The molecule has 1 spiro atoms. The van der Waals surface area contributed by atoms with Crippen molar-refractivity contribution in [2.75, 3.05) is 6.61 Å². The number of hydrogen-bond donors (Lipinski definition) is 0. The minimum Gasteiger partial charge on any atom is -0.466 e. The third kappa shape index (κ3) is 4.06. The monoisotopic (exact) mass is 338 g/mol. The summed E-state index contributed by atoms with van der Waals surface area (Å²) in [7, 11) is 0. The van der Waals surface area contributed by atoms with E-state index in [4.69, 9.17) is 25.8 Å². The minimum atomic E-state index is -0.438. The summed E-state index contributed by atoms with van der Waals surface area (Å²) in [4.78, 5) is 11.0. The molecule has 1 aliphatic heterocycles. The van der Waals surface area contributed by atoms with Gasteiger partial charge in [-0.3, -0.25) is 4.79 Å². The average Bonchev–Trinajstić information content (AvgIpc) is 3.09. The average molecular weight is 339 g/mol. The summed E-state index contributed by atoms with van der Waals surface area (Å²) in [5, 5.41) is 0.752. The van der Waals surface area contributed by atoms with Crippen LogP contribution in [0.2, 0.25) is 5.02 Å². The molecule has 0 radical (unpaired) electrons. The molecule has 2 unspecified atom stereocenters. The van der Waals surface area contributed by atoms with E-state index in [1.165, 1.54) is 6.92 Å². The fourth-order valence-corrected chi connectivity index (χ4v) is 3.71. The molecular weight excluding hydrogens is 316 g/mol. The van der Waals surface area contributed by atoms with Gasteiger partial charge in [0.15, 0.2) is 5.79 Å². The summed E-state index contributed by atoms with van der Waals surface area (Å²) in [5.74, 6) is -0.700. The largest absolute Gasteiger partial charge is 0.466 e. The van der Waals surface area contributed by atoms with E-state index in [0.29, 0.717) is 19.4 Å². The number of benzene rings is 1. The number of esters is 1. The molecule has 0 aromatic heterocycles. The lowest BCUT2D eigenvalue weighted by molar-refractivity contribution is -0.170. The van der Waals surface area contributed by atoms with Crippen molar-refractivity contribution in [2.45, 2.75) is 63.4 Å². The van der Waals surface area contributed by atoms with Crippen molar-refractivity contribution in [1.29, 1.82) is 0 Å². The highest BCUT2D eigenvalue weighted by Gasteiger charge is 2.48. The quantitative estimate of drug-likeness (QED) is 0.764. The van der Waals surface area contributed by atoms with E-state index in [1.807, 2.05) is 24.3 Å². The third-order valence-corrected chi connectivity index (χ3v) is 4.97. The molecule has 2 aliphatic rings. The van der Waals surface area contributed by atoms with Crippen LogP contribution in [0.5, 0.6) is 0 Å². The zero-order valence-corrected chi connectivity index (χ0v) is 14.2. The second kappa shape index (κ2) is 7.20. The molecule has 3 rings (SSSR count). The Hall–Kier alpha value is -1.10. The van der Waals surface area contributed by atoms with Crippen LogP contribution >= 0.6 is 11.6 Å². The van der Waals surface area contributed by atoms with Crippen LogP contribution in [0, 0.1) is 0 Å². The topological polar surface area (TPSA) is 44.8 Å². The fraction of sp³-hybridized carbons (Fsp3) is 0.611. The van der Waals surface area contributed by atoms with Crippen molar-refractivity contribution in [1.82, 2.24) is 0 Å². The summed E-state index contributed by atoms with van der Waals surface area (Å²) >= 11 is 6.28. The maximum atomic E-state index is 11.0. The first kappa shape index (κ1) is 16.7. The van der Waals surface area contributed by atoms with Crippen molar-refractivity contribution in [3.63, 3.8) is 0 Å². The molecular formula is C18H23ClO4. The van der Waals surface area contributed by atoms with Gasteiger partial charge in [0.1, 0.15) is 0 Å². The Balaban J connectivity index is 1.69. The normalized spacial score (nSPS) is 25.8. The van der Waals surface area contributed by atoms with Crippen LogP contribution in [0.4, 0.5) is 0 Å². The molecule has 1 saturated heterocycles. The van der Waals surface area contributed by atoms with Gasteiger partial charge in [0.2, 0.25) is 0 Å². The number of carbonyl (C=O) groups is 1. The van der Waals surface area contributed by atoms with E-state index in [2.05, 4.69) is 0 Å². The Morgan fingerprint density at radius 3 is 2.65 bits per heavy atom. The molecule has 0 amide bonds. The second-order valence-corrected chi connectivity index (χ2v) is 6.76. The van der Waals surface area contributed by atoms with E-state index < -0.39 is 5.79 Å². The van der Waals surface area contributed by atoms with Crippen molar-refractivity contribution < 1.29 is 19.0 Å². The summed E-state index contributed by atoms with van der Waals surface area (Å²) in [6.45, 7) is 1.78. The van der Waals surface area contributed by atoms with Gasteiger partial charge in [-0.1, -0.05) is 29.8 Å². The Kier molecular flexibility index (Phi) is 5.24. The van der Waals surface area contributed by atoms with Crippen LogP contribution in [-0.4, -0.2) is 30.6 Å². The van der Waals surface area contributed by atoms with Crippen LogP contribution in [0.25, 0.3) is 0 Å². The molecule has 5 heteroatoms. The van der Waals surface area contributed by atoms with Crippen molar-refractivity contribution in [3.05, 3.63) is 34.9 Å². The molecule has 1 aromatic rings. The number of halogens is 1. The summed E-state index contributed by atoms with van der Waals surface area (Å²) in [5.41, 5.74) is 1.07. The third-order valence-electron chi connectivity index (χ3n) is 4.60. The van der Waals surface area contributed by atoms with E-state index in [-0.39, 0.29) is 18.2 Å². The van der Waals surface area contributed by atoms with Gasteiger partial charge in [0.25, 0.3) is 0 Å². The maximum absolute atomic E-state index is 11.0. The van der Waals surface area contributed by atoms with Crippen LogP contribution in [0.3, 0.4) is 0 Å². The van der Waals surface area contributed by atoms with Gasteiger partial charge >= 0.3 is 5.97 Å². The Bertz CT molecular complexity index is 554. The molecule has 1 heterocycles. The highest BCUT2D eigenvalue weighted by Crippen LogP contribution is 2.43. The molecule has 23 heavy (non-hydrogen) atoms. The molecule has 1 aliphatic carbocycles. The van der Waals surface area contributed by atoms with Gasteiger partial charge in [0.05, 0.1) is 18.8 Å². The standard InChI is InChI=1S/C18H23ClO4/c1-13(20)21-11-8-16-17(12-14-6-2-3-7-15(14)19)23-18(22-16)9-4-5-10-18/h2-3,6-7,16-17H,4-5,8-12H2,1H3. The lowest BCUT2D eigenvalue weighted by Gasteiger charge is -2.22. The highest BCUT2D eigenvalue weighted by molar-refractivity contribution is 6.31. The van der Waals surface area contributed by atoms with Gasteiger partial charge in [-0.05, 0) is 24.5 Å². The van der Waals surface area contributed by atoms with E-state index in [0.717, 1.165) is 36.3 Å². The summed E-state index contributed by atoms with van der Waals surface area (Å²) in [6, 6.07) is 7.82. The zero-order chi connectivity index (χ0) is 16.3. The summed E-state index contributed by atoms with van der Waals surface area (Å²) in [6.07, 6.45) is 5.40. The first-order chi connectivity index (χ1) is 11.1. The van der Waals surface area contributed by atoms with Crippen LogP contribution in [0.1, 0.15) is 44.6 Å². The van der Waals surface area contributed by atoms with Crippen molar-refractivity contribution in [3.8, 4) is 0 Å². The molecule has 1 aromatic carbocycles. The fourth-order valence-electron chi connectivity index (χ4n) is 3.50. The number of rotatable bonds is 5. The van der Waals surface area contributed by atoms with E-state index in [9.17, 15) is 4.79 Å². The van der Waals surface area contributed by atoms with Crippen molar-refractivity contribution in [2.24, 2.45) is 0 Å². The van der Waals surface area contributed by atoms with Crippen LogP contribution < -0.4 is 0 Å². The predicted octanol–water partition coefficient (Wildman–Crippen LogP) is 3.89. The van der Waals surface area contributed by atoms with Gasteiger partial charge in [-0.15, -0.1) is 0 Å². The van der Waals surface area contributed by atoms with Crippen molar-refractivity contribution >= 4 is 17.6 Å². The number of ether oxygens (including phenoxy) is 3. The van der Waals surface area contributed by atoms with Gasteiger partial charge in [-0.25, -0.2) is 0 Å². The second-order valence-electron chi connectivity index (χ2n) is 6.35. The number of carbonyl (C=O) groups excluding carboxylic acids is 1. The van der Waals surface area contributed by atoms with Crippen LogP contribution in [-0.2, 0) is 25.4 Å². The molecule has 2 fully saturated rings. The first-order valence-electron chi connectivity index (χ1n) is 8.30. The Labute approximate surface area is 142 Å². The minimum absolute atomic E-state index is 0.0523. The molecule has 2 atom stereocenters. The smallest absolute Gasteiger partial charge is 0.302 e. The van der Waals surface area contributed by atoms with Crippen LogP contribution in [0.15, 0.2) is 24.3 Å². The maximum Gasteiger partial charge on any atom is 0.302 e. The lowest BCUT2D eigenvalue weighted by atomic mass is 10.0. The van der Waals surface area contributed by atoms with Gasteiger partial charge in [0, 0.05) is 37.6 Å². The van der Waals surface area contributed by atoms with E-state index in [1.54, 1.807) is 0 Å². The van der Waals surface area contributed by atoms with Gasteiger partial charge in [-0.2, -0.15) is 0 Å². The molecule has 126 valence electrons. The van der Waals surface area contributed by atoms with Gasteiger partial charge < -0.3 is 14.2 Å². The highest BCUT2D eigenvalue weighted by atomic mass is 35.5. The Morgan fingerprint density at radius 1 is 1.26 bits per heavy atom. The molecule has 4 nitrogen and oxygen atoms in total. The zero-order valence-electron chi connectivity index (χ0n) is 13.4. The lowest BCUT2D eigenvalue weighted by Crippen LogP contribution is -2.27. The Morgan fingerprint density at radius 2 is 1.96 bits per heavy atom. The molecule has 0 N–H and O–H groups in total. The number of hydrogen-bond acceptors (Lipinski definition) is 4. The molecule has 1 saturated carbocycles. The molecule has 0 bridgehead atoms.